The lowest BCUT2D eigenvalue weighted by Gasteiger charge is -2.14. The summed E-state index contributed by atoms with van der Waals surface area (Å²) >= 11 is 0. The molecule has 0 heterocycles. The van der Waals surface area contributed by atoms with E-state index in [-0.39, 0.29) is 11.9 Å². The lowest BCUT2D eigenvalue weighted by molar-refractivity contribution is -0.146. The Morgan fingerprint density at radius 3 is 2.60 bits per heavy atom. The molecule has 0 saturated carbocycles. The van der Waals surface area contributed by atoms with Gasteiger partial charge >= 0.3 is 5.97 Å². The molecule has 0 saturated heterocycles. The van der Waals surface area contributed by atoms with Gasteiger partial charge in [-0.1, -0.05) is 51.0 Å². The fraction of sp³-hybridized carbons (Fsp3) is 0.571. The van der Waals surface area contributed by atoms with E-state index in [1.807, 2.05) is 19.1 Å². The Bertz CT molecular complexity index is 496. The molecular weight excluding hydrogens is 314 g/mol. The van der Waals surface area contributed by atoms with E-state index in [9.17, 15) is 4.79 Å². The van der Waals surface area contributed by atoms with Crippen LogP contribution >= 0.6 is 0 Å². The second kappa shape index (κ2) is 13.5. The van der Waals surface area contributed by atoms with Gasteiger partial charge in [-0.15, -0.1) is 0 Å². The average Bonchev–Trinajstić information content (AvgIpc) is 2.65. The van der Waals surface area contributed by atoms with E-state index < -0.39 is 0 Å². The third-order valence-corrected chi connectivity index (χ3v) is 4.15. The topological polar surface area (TPSA) is 47.6 Å². The molecular formula is C21H33NO3. The number of rotatable bonds is 13. The Kier molecular flexibility index (Phi) is 11.4. The van der Waals surface area contributed by atoms with Crippen LogP contribution in [0.3, 0.4) is 0 Å². The molecule has 0 spiro atoms. The van der Waals surface area contributed by atoms with Crippen molar-refractivity contribution in [2.45, 2.75) is 46.0 Å². The maximum Gasteiger partial charge on any atom is 0.312 e. The maximum absolute atomic E-state index is 11.5. The van der Waals surface area contributed by atoms with Gasteiger partial charge in [-0.2, -0.15) is 0 Å². The normalized spacial score (nSPS) is 12.3. The van der Waals surface area contributed by atoms with Crippen molar-refractivity contribution in [2.75, 3.05) is 26.8 Å². The van der Waals surface area contributed by atoms with Gasteiger partial charge < -0.3 is 14.8 Å². The SMILES string of the molecule is CCCC/C=C/CNCCc1ccc(OCC(CC)C(=O)OC)cc1. The molecule has 0 aliphatic carbocycles. The summed E-state index contributed by atoms with van der Waals surface area (Å²) in [7, 11) is 1.41. The zero-order valence-corrected chi connectivity index (χ0v) is 15.9. The number of carbonyl (C=O) groups is 1. The largest absolute Gasteiger partial charge is 0.493 e. The molecule has 0 bridgehead atoms. The van der Waals surface area contributed by atoms with E-state index in [2.05, 4.69) is 36.5 Å². The van der Waals surface area contributed by atoms with Crippen molar-refractivity contribution in [3.05, 3.63) is 42.0 Å². The van der Waals surface area contributed by atoms with Crippen LogP contribution in [0.15, 0.2) is 36.4 Å². The molecule has 1 unspecified atom stereocenters. The monoisotopic (exact) mass is 347 g/mol. The summed E-state index contributed by atoms with van der Waals surface area (Å²) < 4.78 is 10.5. The van der Waals surface area contributed by atoms with E-state index in [1.54, 1.807) is 0 Å². The number of allylic oxidation sites excluding steroid dienone is 1. The maximum atomic E-state index is 11.5. The smallest absolute Gasteiger partial charge is 0.312 e. The van der Waals surface area contributed by atoms with Crippen molar-refractivity contribution in [2.24, 2.45) is 5.92 Å². The summed E-state index contributed by atoms with van der Waals surface area (Å²) in [4.78, 5) is 11.5. The van der Waals surface area contributed by atoms with Crippen molar-refractivity contribution in [3.63, 3.8) is 0 Å². The van der Waals surface area contributed by atoms with Crippen molar-refractivity contribution in [1.29, 1.82) is 0 Å². The van der Waals surface area contributed by atoms with Gasteiger partial charge in [0.15, 0.2) is 0 Å². The number of benzene rings is 1. The molecule has 25 heavy (non-hydrogen) atoms. The molecule has 1 N–H and O–H groups in total. The number of ether oxygens (including phenoxy) is 2. The van der Waals surface area contributed by atoms with Crippen LogP contribution < -0.4 is 10.1 Å². The van der Waals surface area contributed by atoms with Crippen LogP contribution in [0.2, 0.25) is 0 Å². The summed E-state index contributed by atoms with van der Waals surface area (Å²) in [5, 5.41) is 3.42. The minimum atomic E-state index is -0.214. The fourth-order valence-corrected chi connectivity index (χ4v) is 2.41. The molecule has 1 rings (SSSR count). The molecule has 0 radical (unpaired) electrons. The van der Waals surface area contributed by atoms with Crippen LogP contribution in [0.5, 0.6) is 5.75 Å². The molecule has 0 aliphatic rings. The molecule has 1 atom stereocenters. The summed E-state index contributed by atoms with van der Waals surface area (Å²) in [6, 6.07) is 8.08. The molecule has 0 aliphatic heterocycles. The molecule has 1 aromatic rings. The Morgan fingerprint density at radius 2 is 1.96 bits per heavy atom. The second-order valence-electron chi connectivity index (χ2n) is 6.15. The average molecular weight is 347 g/mol. The first-order valence-electron chi connectivity index (χ1n) is 9.36. The lowest BCUT2D eigenvalue weighted by atomic mass is 10.1. The first-order chi connectivity index (χ1) is 12.2. The van der Waals surface area contributed by atoms with Gasteiger partial charge in [0, 0.05) is 6.54 Å². The molecule has 4 nitrogen and oxygen atoms in total. The second-order valence-corrected chi connectivity index (χ2v) is 6.15. The first-order valence-corrected chi connectivity index (χ1v) is 9.36. The standard InChI is InChI=1S/C21H33NO3/c1-4-6-7-8-9-15-22-16-14-18-10-12-20(13-11-18)25-17-19(5-2)21(23)24-3/h8-13,19,22H,4-7,14-17H2,1-3H3/b9-8+. The Labute approximate surface area is 152 Å². The fourth-order valence-electron chi connectivity index (χ4n) is 2.41. The number of hydrogen-bond acceptors (Lipinski definition) is 4. The summed E-state index contributed by atoms with van der Waals surface area (Å²) in [6.45, 7) is 6.41. The third-order valence-electron chi connectivity index (χ3n) is 4.15. The van der Waals surface area contributed by atoms with Gasteiger partial charge in [0.2, 0.25) is 0 Å². The number of unbranched alkanes of at least 4 members (excludes halogenated alkanes) is 2. The number of nitrogens with one attached hydrogen (secondary N) is 1. The number of carbonyl (C=O) groups excluding carboxylic acids is 1. The van der Waals surface area contributed by atoms with E-state index in [0.29, 0.717) is 13.0 Å². The highest BCUT2D eigenvalue weighted by atomic mass is 16.5. The molecule has 1 aromatic carbocycles. The minimum Gasteiger partial charge on any atom is -0.493 e. The van der Waals surface area contributed by atoms with Crippen LogP contribution in [0.4, 0.5) is 0 Å². The van der Waals surface area contributed by atoms with Crippen LogP contribution in [-0.4, -0.2) is 32.8 Å². The van der Waals surface area contributed by atoms with Gasteiger partial charge in [0.25, 0.3) is 0 Å². The van der Waals surface area contributed by atoms with Crippen LogP contribution in [0.25, 0.3) is 0 Å². The summed E-state index contributed by atoms with van der Waals surface area (Å²) in [5.41, 5.74) is 1.27. The highest BCUT2D eigenvalue weighted by molar-refractivity contribution is 5.72. The van der Waals surface area contributed by atoms with Crippen molar-refractivity contribution >= 4 is 5.97 Å². The van der Waals surface area contributed by atoms with Gasteiger partial charge in [0.1, 0.15) is 12.4 Å². The predicted octanol–water partition coefficient (Wildman–Crippen LogP) is 4.14. The van der Waals surface area contributed by atoms with Crippen LogP contribution in [-0.2, 0) is 16.0 Å². The van der Waals surface area contributed by atoms with E-state index in [1.165, 1.54) is 31.9 Å². The van der Waals surface area contributed by atoms with Crippen LogP contribution in [0, 0.1) is 5.92 Å². The van der Waals surface area contributed by atoms with E-state index in [0.717, 1.165) is 25.3 Å². The van der Waals surface area contributed by atoms with Crippen molar-refractivity contribution in [1.82, 2.24) is 5.32 Å². The molecule has 0 aromatic heterocycles. The van der Waals surface area contributed by atoms with Gasteiger partial charge in [-0.05, 0) is 43.5 Å². The van der Waals surface area contributed by atoms with Gasteiger partial charge in [-0.25, -0.2) is 0 Å². The van der Waals surface area contributed by atoms with Gasteiger partial charge in [-0.3, -0.25) is 4.79 Å². The number of methoxy groups -OCH3 is 1. The number of hydrogen-bond donors (Lipinski definition) is 1. The molecule has 4 heteroatoms. The van der Waals surface area contributed by atoms with Crippen LogP contribution in [0.1, 0.15) is 45.1 Å². The quantitative estimate of drug-likeness (QED) is 0.331. The highest BCUT2D eigenvalue weighted by Gasteiger charge is 2.17. The lowest BCUT2D eigenvalue weighted by Crippen LogP contribution is -2.22. The molecule has 140 valence electrons. The van der Waals surface area contributed by atoms with Crippen molar-refractivity contribution < 1.29 is 14.3 Å². The zero-order valence-electron chi connectivity index (χ0n) is 15.9. The highest BCUT2D eigenvalue weighted by Crippen LogP contribution is 2.15. The molecule has 0 amide bonds. The Morgan fingerprint density at radius 1 is 1.20 bits per heavy atom. The summed E-state index contributed by atoms with van der Waals surface area (Å²) in [5.74, 6) is 0.367. The Balaban J connectivity index is 2.25. The first kappa shape index (κ1) is 21.2. The summed E-state index contributed by atoms with van der Waals surface area (Å²) in [6.07, 6.45) is 9.85. The van der Waals surface area contributed by atoms with Gasteiger partial charge in [0.05, 0.1) is 13.0 Å². The van der Waals surface area contributed by atoms with Crippen molar-refractivity contribution in [3.8, 4) is 5.75 Å². The zero-order chi connectivity index (χ0) is 18.3. The predicted molar refractivity (Wildman–Crippen MR) is 103 cm³/mol. The van der Waals surface area contributed by atoms with E-state index >= 15 is 0 Å². The molecule has 0 fully saturated rings. The Hall–Kier alpha value is -1.81. The van der Waals surface area contributed by atoms with E-state index in [4.69, 9.17) is 9.47 Å². The number of esters is 1. The third kappa shape index (κ3) is 9.30. The minimum absolute atomic E-state index is 0.209.